The van der Waals surface area contributed by atoms with E-state index >= 15 is 0 Å². The van der Waals surface area contributed by atoms with E-state index in [0.29, 0.717) is 0 Å². The summed E-state index contributed by atoms with van der Waals surface area (Å²) in [5.74, 6) is -0.843. The van der Waals surface area contributed by atoms with Crippen molar-refractivity contribution in [2.75, 3.05) is 0 Å². The van der Waals surface area contributed by atoms with Crippen LogP contribution in [0.1, 0.15) is 17.7 Å². The summed E-state index contributed by atoms with van der Waals surface area (Å²) in [7, 11) is 0. The smallest absolute Gasteiger partial charge is 0.223 e. The molecule has 0 N–H and O–H groups in total. The standard InChI is InChI=1S/C8H4F3IN2/c9-6-3-4(12)7(8(10)11)5(14-6)1-2-13/h3,8H,1H2. The molecule has 0 saturated heterocycles. The van der Waals surface area contributed by atoms with Crippen LogP contribution in [0.4, 0.5) is 13.2 Å². The van der Waals surface area contributed by atoms with Gasteiger partial charge in [0.25, 0.3) is 6.43 Å². The van der Waals surface area contributed by atoms with Crippen LogP contribution in [0.3, 0.4) is 0 Å². The molecule has 0 fully saturated rings. The van der Waals surface area contributed by atoms with Crippen LogP contribution in [-0.4, -0.2) is 4.98 Å². The maximum Gasteiger partial charge on any atom is 0.266 e. The quantitative estimate of drug-likeness (QED) is 0.622. The minimum absolute atomic E-state index is 0.0929. The third-order valence-corrected chi connectivity index (χ3v) is 2.41. The van der Waals surface area contributed by atoms with E-state index in [-0.39, 0.29) is 21.2 Å². The van der Waals surface area contributed by atoms with Gasteiger partial charge in [-0.25, -0.2) is 13.8 Å². The fraction of sp³-hybridized carbons (Fsp3) is 0.250. The Balaban J connectivity index is 3.30. The monoisotopic (exact) mass is 312 g/mol. The molecule has 0 aliphatic rings. The Bertz CT molecular complexity index is 387. The fourth-order valence-electron chi connectivity index (χ4n) is 0.981. The second-order valence-electron chi connectivity index (χ2n) is 2.42. The first-order valence-electron chi connectivity index (χ1n) is 3.56. The van der Waals surface area contributed by atoms with Crippen molar-refractivity contribution in [3.05, 3.63) is 26.8 Å². The molecule has 74 valence electrons. The molecule has 6 heteroatoms. The Morgan fingerprint density at radius 3 is 2.71 bits per heavy atom. The Morgan fingerprint density at radius 2 is 2.21 bits per heavy atom. The Morgan fingerprint density at radius 1 is 1.57 bits per heavy atom. The van der Waals surface area contributed by atoms with Crippen LogP contribution in [0.5, 0.6) is 0 Å². The lowest BCUT2D eigenvalue weighted by atomic mass is 10.1. The molecule has 0 aromatic carbocycles. The average Bonchev–Trinajstić information content (AvgIpc) is 2.01. The topological polar surface area (TPSA) is 36.7 Å². The van der Waals surface area contributed by atoms with E-state index < -0.39 is 12.4 Å². The molecule has 1 aromatic rings. The fourth-order valence-corrected chi connectivity index (χ4v) is 1.79. The number of aromatic nitrogens is 1. The van der Waals surface area contributed by atoms with Gasteiger partial charge in [0.15, 0.2) is 0 Å². The molecule has 0 saturated carbocycles. The number of pyridine rings is 1. The number of hydrogen-bond donors (Lipinski definition) is 0. The minimum atomic E-state index is -2.74. The number of hydrogen-bond acceptors (Lipinski definition) is 2. The maximum absolute atomic E-state index is 12.7. The van der Waals surface area contributed by atoms with Gasteiger partial charge in [-0.15, -0.1) is 0 Å². The molecule has 1 rings (SSSR count). The van der Waals surface area contributed by atoms with Gasteiger partial charge in [0.05, 0.1) is 23.7 Å². The summed E-state index contributed by atoms with van der Waals surface area (Å²) in [6.45, 7) is 0. The van der Waals surface area contributed by atoms with Gasteiger partial charge in [-0.05, 0) is 22.6 Å². The van der Waals surface area contributed by atoms with Crippen LogP contribution >= 0.6 is 22.6 Å². The summed E-state index contributed by atoms with van der Waals surface area (Å²) >= 11 is 1.60. The summed E-state index contributed by atoms with van der Waals surface area (Å²) < 4.78 is 37.8. The molecule has 0 bridgehead atoms. The first kappa shape index (κ1) is 11.2. The Hall–Kier alpha value is -0.840. The summed E-state index contributed by atoms with van der Waals surface area (Å²) in [5.41, 5.74) is -0.541. The molecular weight excluding hydrogens is 308 g/mol. The van der Waals surface area contributed by atoms with E-state index in [4.69, 9.17) is 5.26 Å². The van der Waals surface area contributed by atoms with Gasteiger partial charge in [-0.1, -0.05) is 0 Å². The van der Waals surface area contributed by atoms with Crippen LogP contribution in [-0.2, 0) is 6.42 Å². The van der Waals surface area contributed by atoms with Gasteiger partial charge in [-0.2, -0.15) is 9.65 Å². The molecule has 0 radical (unpaired) electrons. The highest BCUT2D eigenvalue weighted by Crippen LogP contribution is 2.27. The van der Waals surface area contributed by atoms with Crippen molar-refractivity contribution in [2.24, 2.45) is 0 Å². The van der Waals surface area contributed by atoms with Crippen molar-refractivity contribution in [3.8, 4) is 6.07 Å². The van der Waals surface area contributed by atoms with Gasteiger partial charge in [0.1, 0.15) is 0 Å². The maximum atomic E-state index is 12.7. The van der Waals surface area contributed by atoms with Crippen LogP contribution in [0, 0.1) is 20.8 Å². The Labute approximate surface area is 91.9 Å². The van der Waals surface area contributed by atoms with Crippen LogP contribution in [0.2, 0.25) is 0 Å². The number of nitriles is 1. The molecule has 0 atom stereocenters. The first-order chi connectivity index (χ1) is 6.56. The number of rotatable bonds is 2. The molecule has 1 heterocycles. The van der Waals surface area contributed by atoms with Crippen LogP contribution in [0.15, 0.2) is 6.07 Å². The van der Waals surface area contributed by atoms with Crippen LogP contribution < -0.4 is 0 Å². The zero-order valence-corrected chi connectivity index (χ0v) is 8.93. The third-order valence-electron chi connectivity index (χ3n) is 1.52. The number of alkyl halides is 2. The van der Waals surface area contributed by atoms with E-state index in [1.807, 2.05) is 0 Å². The van der Waals surface area contributed by atoms with Crippen molar-refractivity contribution in [1.82, 2.24) is 4.98 Å². The predicted molar refractivity (Wildman–Crippen MR) is 51.2 cm³/mol. The third kappa shape index (κ3) is 2.35. The molecule has 0 unspecified atom stereocenters. The van der Waals surface area contributed by atoms with Crippen molar-refractivity contribution in [2.45, 2.75) is 12.8 Å². The largest absolute Gasteiger partial charge is 0.266 e. The molecule has 14 heavy (non-hydrogen) atoms. The van der Waals surface area contributed by atoms with E-state index in [0.717, 1.165) is 6.07 Å². The summed E-state index contributed by atoms with van der Waals surface area (Å²) in [5, 5.41) is 8.35. The highest BCUT2D eigenvalue weighted by atomic mass is 127. The van der Waals surface area contributed by atoms with Crippen molar-refractivity contribution in [1.29, 1.82) is 5.26 Å². The zero-order valence-electron chi connectivity index (χ0n) is 6.77. The van der Waals surface area contributed by atoms with Gasteiger partial charge < -0.3 is 0 Å². The van der Waals surface area contributed by atoms with Crippen molar-refractivity contribution < 1.29 is 13.2 Å². The highest BCUT2D eigenvalue weighted by molar-refractivity contribution is 14.1. The zero-order chi connectivity index (χ0) is 10.7. The minimum Gasteiger partial charge on any atom is -0.223 e. The molecule has 0 aliphatic carbocycles. The lowest BCUT2D eigenvalue weighted by Crippen LogP contribution is -2.03. The van der Waals surface area contributed by atoms with E-state index in [1.54, 1.807) is 28.7 Å². The normalized spacial score (nSPS) is 10.3. The first-order valence-corrected chi connectivity index (χ1v) is 4.64. The van der Waals surface area contributed by atoms with E-state index in [9.17, 15) is 13.2 Å². The lowest BCUT2D eigenvalue weighted by Gasteiger charge is -2.07. The van der Waals surface area contributed by atoms with E-state index in [1.165, 1.54) is 0 Å². The second-order valence-corrected chi connectivity index (χ2v) is 3.58. The van der Waals surface area contributed by atoms with Gasteiger partial charge in [0.2, 0.25) is 5.95 Å². The molecule has 0 spiro atoms. The number of nitrogens with zero attached hydrogens (tertiary/aromatic N) is 2. The number of halogens is 4. The summed E-state index contributed by atoms with van der Waals surface area (Å²) in [4.78, 5) is 3.27. The van der Waals surface area contributed by atoms with Crippen molar-refractivity contribution in [3.63, 3.8) is 0 Å². The second kappa shape index (κ2) is 4.59. The van der Waals surface area contributed by atoms with Gasteiger partial charge in [0, 0.05) is 9.64 Å². The molecular formula is C8H4F3IN2. The Kier molecular flexibility index (Phi) is 3.69. The summed E-state index contributed by atoms with van der Waals surface area (Å²) in [6, 6.07) is 2.59. The molecule has 0 amide bonds. The molecule has 2 nitrogen and oxygen atoms in total. The van der Waals surface area contributed by atoms with Crippen molar-refractivity contribution >= 4 is 22.6 Å². The SMILES string of the molecule is N#CCc1nc(F)cc(I)c1C(F)F. The van der Waals surface area contributed by atoms with Gasteiger partial charge in [-0.3, -0.25) is 0 Å². The average molecular weight is 312 g/mol. The summed E-state index contributed by atoms with van der Waals surface area (Å²) in [6.07, 6.45) is -3.05. The lowest BCUT2D eigenvalue weighted by molar-refractivity contribution is 0.148. The molecule has 0 aliphatic heterocycles. The van der Waals surface area contributed by atoms with Crippen LogP contribution in [0.25, 0.3) is 0 Å². The predicted octanol–water partition coefficient (Wildman–Crippen LogP) is 2.83. The molecule has 1 aromatic heterocycles. The van der Waals surface area contributed by atoms with Gasteiger partial charge >= 0.3 is 0 Å². The van der Waals surface area contributed by atoms with E-state index in [2.05, 4.69) is 4.98 Å². The highest BCUT2D eigenvalue weighted by Gasteiger charge is 2.19.